The summed E-state index contributed by atoms with van der Waals surface area (Å²) in [7, 11) is -3.48. The van der Waals surface area contributed by atoms with Gasteiger partial charge in [-0.15, -0.1) is 11.3 Å². The molecule has 1 aromatic heterocycles. The number of rotatable bonds is 6. The van der Waals surface area contributed by atoms with Gasteiger partial charge in [0.2, 0.25) is 0 Å². The van der Waals surface area contributed by atoms with Gasteiger partial charge in [-0.2, -0.15) is 4.31 Å². The Morgan fingerprint density at radius 3 is 2.33 bits per heavy atom. The molecular formula is C20H24N4O4S2. The molecule has 0 radical (unpaired) electrons. The molecule has 0 spiro atoms. The van der Waals surface area contributed by atoms with Gasteiger partial charge in [0.25, 0.3) is 15.9 Å². The van der Waals surface area contributed by atoms with Crippen molar-refractivity contribution in [3.8, 4) is 0 Å². The average molecular weight is 449 g/mol. The molecule has 2 fully saturated rings. The molecule has 1 aromatic carbocycles. The van der Waals surface area contributed by atoms with Crippen LogP contribution in [-0.2, 0) is 20.4 Å². The van der Waals surface area contributed by atoms with Crippen LogP contribution in [0, 0.1) is 0 Å². The molecule has 0 aliphatic carbocycles. The number of nitrogens with one attached hydrogen (secondary N) is 1. The second-order valence-electron chi connectivity index (χ2n) is 7.38. The first kappa shape index (κ1) is 21.0. The Morgan fingerprint density at radius 2 is 1.73 bits per heavy atom. The first-order valence-electron chi connectivity index (χ1n) is 9.84. The zero-order valence-electron chi connectivity index (χ0n) is 16.7. The molecule has 2 aliphatic rings. The number of sulfonamides is 1. The van der Waals surface area contributed by atoms with E-state index in [0.717, 1.165) is 5.56 Å². The second kappa shape index (κ2) is 8.10. The minimum atomic E-state index is -3.48. The first-order chi connectivity index (χ1) is 14.4. The molecule has 1 unspecified atom stereocenters. The highest BCUT2D eigenvalue weighted by Gasteiger charge is 2.51. The number of carbonyl (C=O) groups is 2. The molecule has 1 N–H and O–H groups in total. The maximum atomic E-state index is 13.2. The van der Waals surface area contributed by atoms with Gasteiger partial charge in [0.1, 0.15) is 9.75 Å². The van der Waals surface area contributed by atoms with Crippen LogP contribution in [0.1, 0.15) is 18.9 Å². The van der Waals surface area contributed by atoms with Crippen LogP contribution in [0.15, 0.2) is 52.1 Å². The van der Waals surface area contributed by atoms with Crippen molar-refractivity contribution in [2.24, 2.45) is 0 Å². The zero-order chi connectivity index (χ0) is 21.4. The molecule has 3 amide bonds. The minimum Gasteiger partial charge on any atom is -0.319 e. The molecule has 10 heteroatoms. The predicted octanol–water partition coefficient (Wildman–Crippen LogP) is 1.87. The van der Waals surface area contributed by atoms with E-state index < -0.39 is 21.6 Å². The molecule has 2 aromatic rings. The highest BCUT2D eigenvalue weighted by atomic mass is 32.2. The largest absolute Gasteiger partial charge is 0.326 e. The lowest BCUT2D eigenvalue weighted by Crippen LogP contribution is -2.52. The number of nitrogens with zero attached hydrogens (tertiary/aromatic N) is 3. The smallest absolute Gasteiger partial charge is 0.319 e. The van der Waals surface area contributed by atoms with Crippen molar-refractivity contribution in [3.63, 3.8) is 0 Å². The Balaban J connectivity index is 1.43. The van der Waals surface area contributed by atoms with E-state index >= 15 is 0 Å². The van der Waals surface area contributed by atoms with Gasteiger partial charge in [-0.05, 0) is 23.4 Å². The fourth-order valence-electron chi connectivity index (χ4n) is 3.97. The van der Waals surface area contributed by atoms with Crippen molar-refractivity contribution in [2.75, 3.05) is 32.8 Å². The van der Waals surface area contributed by atoms with Gasteiger partial charge < -0.3 is 5.32 Å². The van der Waals surface area contributed by atoms with Gasteiger partial charge >= 0.3 is 6.03 Å². The fourth-order valence-corrected chi connectivity index (χ4v) is 6.53. The number of hydrogen-bond donors (Lipinski definition) is 1. The minimum absolute atomic E-state index is 0.145. The lowest BCUT2D eigenvalue weighted by molar-refractivity contribution is -0.133. The summed E-state index contributed by atoms with van der Waals surface area (Å²) in [5, 5.41) is 4.62. The van der Waals surface area contributed by atoms with Crippen molar-refractivity contribution >= 4 is 33.3 Å². The molecule has 0 bridgehead atoms. The van der Waals surface area contributed by atoms with E-state index in [1.807, 2.05) is 42.2 Å². The molecule has 3 heterocycles. The third-order valence-corrected chi connectivity index (χ3v) is 9.01. The van der Waals surface area contributed by atoms with Crippen LogP contribution in [0.2, 0.25) is 0 Å². The number of carbonyl (C=O) groups excluding carboxylic acids is 2. The van der Waals surface area contributed by atoms with Crippen LogP contribution < -0.4 is 5.32 Å². The van der Waals surface area contributed by atoms with E-state index in [4.69, 9.17) is 0 Å². The van der Waals surface area contributed by atoms with Crippen LogP contribution >= 0.6 is 11.3 Å². The van der Waals surface area contributed by atoms with E-state index in [0.29, 0.717) is 36.8 Å². The second-order valence-corrected chi connectivity index (χ2v) is 10.5. The van der Waals surface area contributed by atoms with Crippen LogP contribution in [0.4, 0.5) is 4.79 Å². The van der Waals surface area contributed by atoms with Gasteiger partial charge in [0, 0.05) is 26.2 Å². The van der Waals surface area contributed by atoms with Crippen LogP contribution in [0.5, 0.6) is 0 Å². The molecule has 8 nitrogen and oxygen atoms in total. The van der Waals surface area contributed by atoms with Crippen LogP contribution in [-0.4, -0.2) is 67.3 Å². The summed E-state index contributed by atoms with van der Waals surface area (Å²) in [6, 6.07) is 12.2. The Labute approximate surface area is 180 Å². The van der Waals surface area contributed by atoms with E-state index in [-0.39, 0.29) is 12.6 Å². The van der Waals surface area contributed by atoms with E-state index in [1.165, 1.54) is 20.5 Å². The Bertz CT molecular complexity index is 1020. The van der Waals surface area contributed by atoms with Gasteiger partial charge in [-0.25, -0.2) is 18.1 Å². The van der Waals surface area contributed by atoms with Gasteiger partial charge in [0.15, 0.2) is 0 Å². The molecule has 1 atom stereocenters. The number of imide groups is 1. The van der Waals surface area contributed by atoms with Crippen molar-refractivity contribution in [3.05, 3.63) is 53.4 Å². The Kier molecular flexibility index (Phi) is 5.67. The van der Waals surface area contributed by atoms with Crippen molar-refractivity contribution in [1.29, 1.82) is 0 Å². The number of amides is 3. The topological polar surface area (TPSA) is 90.0 Å². The van der Waals surface area contributed by atoms with Crippen molar-refractivity contribution < 1.29 is 18.0 Å². The quantitative estimate of drug-likeness (QED) is 0.682. The Hall–Kier alpha value is -2.27. The average Bonchev–Trinajstić information content (AvgIpc) is 3.39. The Morgan fingerprint density at radius 1 is 1.03 bits per heavy atom. The maximum Gasteiger partial charge on any atom is 0.326 e. The van der Waals surface area contributed by atoms with Gasteiger partial charge in [-0.3, -0.25) is 9.69 Å². The summed E-state index contributed by atoms with van der Waals surface area (Å²) >= 11 is 1.20. The van der Waals surface area contributed by atoms with Gasteiger partial charge in [0.05, 0.1) is 6.67 Å². The van der Waals surface area contributed by atoms with E-state index in [9.17, 15) is 18.0 Å². The van der Waals surface area contributed by atoms with E-state index in [1.54, 1.807) is 17.5 Å². The highest BCUT2D eigenvalue weighted by Crippen LogP contribution is 2.32. The molecule has 4 rings (SSSR count). The standard InChI is InChI=1S/C20H24N4O4S2/c1-2-20(16-7-4-3-5-8-16)18(25)24(19(26)21-20)15-22-10-12-23(13-11-22)30(27,28)17-9-6-14-29-17/h3-9,14H,2,10-13,15H2,1H3,(H,21,26). The molecule has 2 saturated heterocycles. The summed E-state index contributed by atoms with van der Waals surface area (Å²) in [5.74, 6) is -0.269. The number of urea groups is 1. The summed E-state index contributed by atoms with van der Waals surface area (Å²) < 4.78 is 27.1. The summed E-state index contributed by atoms with van der Waals surface area (Å²) in [6.45, 7) is 3.57. The molecule has 2 aliphatic heterocycles. The van der Waals surface area contributed by atoms with E-state index in [2.05, 4.69) is 5.32 Å². The monoisotopic (exact) mass is 448 g/mol. The number of hydrogen-bond acceptors (Lipinski definition) is 6. The fraction of sp³-hybridized carbons (Fsp3) is 0.400. The number of thiophene rings is 1. The lowest BCUT2D eigenvalue weighted by atomic mass is 9.87. The predicted molar refractivity (Wildman–Crippen MR) is 113 cm³/mol. The molecular weight excluding hydrogens is 424 g/mol. The number of benzene rings is 1. The van der Waals surface area contributed by atoms with Crippen molar-refractivity contribution in [2.45, 2.75) is 23.1 Å². The highest BCUT2D eigenvalue weighted by molar-refractivity contribution is 7.91. The normalized spacial score (nSPS) is 23.7. The van der Waals surface area contributed by atoms with Crippen LogP contribution in [0.3, 0.4) is 0 Å². The summed E-state index contributed by atoms with van der Waals surface area (Å²) in [5.41, 5.74) is -0.289. The zero-order valence-corrected chi connectivity index (χ0v) is 18.3. The SMILES string of the molecule is CCC1(c2ccccc2)NC(=O)N(CN2CCN(S(=O)(=O)c3cccs3)CC2)C1=O. The number of piperazine rings is 1. The first-order valence-corrected chi connectivity index (χ1v) is 12.2. The molecule has 0 saturated carbocycles. The molecule has 160 valence electrons. The van der Waals surface area contributed by atoms with Crippen LogP contribution in [0.25, 0.3) is 0 Å². The van der Waals surface area contributed by atoms with Gasteiger partial charge in [-0.1, -0.05) is 43.3 Å². The molecule has 30 heavy (non-hydrogen) atoms. The third kappa shape index (κ3) is 3.53. The van der Waals surface area contributed by atoms with Crippen molar-refractivity contribution in [1.82, 2.24) is 19.4 Å². The third-order valence-electron chi connectivity index (χ3n) is 5.73. The summed E-state index contributed by atoms with van der Waals surface area (Å²) in [6.07, 6.45) is 0.449. The lowest BCUT2D eigenvalue weighted by Gasteiger charge is -2.35. The summed E-state index contributed by atoms with van der Waals surface area (Å²) in [4.78, 5) is 29.1. The maximum absolute atomic E-state index is 13.2.